The molecular formula is C23H22ClN3O4S. The smallest absolute Gasteiger partial charge is 0.249 e. The first kappa shape index (κ1) is 22.1. The molecule has 0 saturated carbocycles. The molecule has 1 aliphatic rings. The van der Waals surface area contributed by atoms with E-state index in [1.165, 1.54) is 6.08 Å². The number of thioether (sulfide) groups is 1. The van der Waals surface area contributed by atoms with Crippen LogP contribution in [0.4, 0.5) is 5.82 Å². The largest absolute Gasteiger partial charge is 0.493 e. The minimum atomic E-state index is -0.276. The van der Waals surface area contributed by atoms with Crippen LogP contribution in [0.25, 0.3) is 11.8 Å². The molecule has 1 aliphatic heterocycles. The van der Waals surface area contributed by atoms with Crippen LogP contribution in [0.1, 0.15) is 16.8 Å². The number of rotatable bonds is 7. The highest BCUT2D eigenvalue weighted by atomic mass is 35.5. The molecule has 9 heteroatoms. The second-order valence-electron chi connectivity index (χ2n) is 6.94. The predicted molar refractivity (Wildman–Crippen MR) is 127 cm³/mol. The van der Waals surface area contributed by atoms with Crippen LogP contribution in [0.15, 0.2) is 42.5 Å². The lowest BCUT2D eigenvalue weighted by molar-refractivity contribution is -0.111. The van der Waals surface area contributed by atoms with Crippen LogP contribution in [0, 0.1) is 0 Å². The molecule has 0 atom stereocenters. The van der Waals surface area contributed by atoms with Crippen LogP contribution < -0.4 is 19.5 Å². The third-order valence-corrected chi connectivity index (χ3v) is 6.17. The van der Waals surface area contributed by atoms with Crippen molar-refractivity contribution in [2.75, 3.05) is 26.6 Å². The van der Waals surface area contributed by atoms with Gasteiger partial charge in [-0.25, -0.2) is 4.68 Å². The lowest BCUT2D eigenvalue weighted by Gasteiger charge is -2.13. The van der Waals surface area contributed by atoms with Crippen molar-refractivity contribution < 1.29 is 19.0 Å². The maximum atomic E-state index is 12.8. The molecule has 0 unspecified atom stereocenters. The monoisotopic (exact) mass is 471 g/mol. The van der Waals surface area contributed by atoms with Crippen molar-refractivity contribution in [3.8, 4) is 22.9 Å². The van der Waals surface area contributed by atoms with Gasteiger partial charge in [0.2, 0.25) is 11.7 Å². The second kappa shape index (κ2) is 9.58. The van der Waals surface area contributed by atoms with Crippen molar-refractivity contribution in [2.45, 2.75) is 11.5 Å². The molecule has 0 fully saturated rings. The van der Waals surface area contributed by atoms with Crippen LogP contribution in [-0.4, -0.2) is 37.0 Å². The van der Waals surface area contributed by atoms with Crippen LogP contribution >= 0.6 is 23.4 Å². The normalized spacial score (nSPS) is 12.6. The van der Waals surface area contributed by atoms with Gasteiger partial charge >= 0.3 is 0 Å². The van der Waals surface area contributed by atoms with E-state index in [0.29, 0.717) is 28.1 Å². The molecule has 166 valence electrons. The predicted octanol–water partition coefficient (Wildman–Crippen LogP) is 4.95. The molecule has 2 heterocycles. The Balaban J connectivity index is 1.61. The number of methoxy groups -OCH3 is 3. The van der Waals surface area contributed by atoms with Crippen molar-refractivity contribution >= 4 is 41.2 Å². The van der Waals surface area contributed by atoms with Crippen LogP contribution in [0.5, 0.6) is 17.2 Å². The highest BCUT2D eigenvalue weighted by Crippen LogP contribution is 2.39. The van der Waals surface area contributed by atoms with E-state index in [4.69, 9.17) is 25.8 Å². The summed E-state index contributed by atoms with van der Waals surface area (Å²) in [5, 5.41) is 8.28. The lowest BCUT2D eigenvalue weighted by Crippen LogP contribution is -2.13. The minimum Gasteiger partial charge on any atom is -0.493 e. The first-order valence-electron chi connectivity index (χ1n) is 9.77. The number of anilines is 1. The number of hydrogen-bond acceptors (Lipinski definition) is 6. The molecule has 0 aliphatic carbocycles. The van der Waals surface area contributed by atoms with E-state index in [-0.39, 0.29) is 5.91 Å². The van der Waals surface area contributed by atoms with Crippen LogP contribution in [0.3, 0.4) is 0 Å². The summed E-state index contributed by atoms with van der Waals surface area (Å²) in [5.74, 6) is 3.51. The number of ether oxygens (including phenoxy) is 3. The van der Waals surface area contributed by atoms with Crippen molar-refractivity contribution in [1.82, 2.24) is 9.78 Å². The van der Waals surface area contributed by atoms with Gasteiger partial charge in [-0.15, -0.1) is 0 Å². The third-order valence-electron chi connectivity index (χ3n) is 4.96. The average molecular weight is 472 g/mol. The average Bonchev–Trinajstić information content (AvgIpc) is 3.39. The highest BCUT2D eigenvalue weighted by molar-refractivity contribution is 7.98. The number of carbonyl (C=O) groups excluding carboxylic acids is 1. The van der Waals surface area contributed by atoms with Crippen molar-refractivity contribution in [2.24, 2.45) is 0 Å². The Kier molecular flexibility index (Phi) is 6.62. The number of halogens is 1. The van der Waals surface area contributed by atoms with Crippen molar-refractivity contribution in [1.29, 1.82) is 0 Å². The molecule has 0 bridgehead atoms. The van der Waals surface area contributed by atoms with Gasteiger partial charge in [0, 0.05) is 28.2 Å². The summed E-state index contributed by atoms with van der Waals surface area (Å²) < 4.78 is 17.8. The zero-order chi connectivity index (χ0) is 22.7. The summed E-state index contributed by atoms with van der Waals surface area (Å²) in [6, 6.07) is 10.9. The van der Waals surface area contributed by atoms with E-state index in [1.54, 1.807) is 62.0 Å². The number of hydrogen-bond donors (Lipinski definition) is 1. The summed E-state index contributed by atoms with van der Waals surface area (Å²) in [6.07, 6.45) is 3.15. The molecule has 32 heavy (non-hydrogen) atoms. The van der Waals surface area contributed by atoms with E-state index in [1.807, 2.05) is 18.2 Å². The molecule has 0 radical (unpaired) electrons. The topological polar surface area (TPSA) is 74.6 Å². The standard InChI is InChI=1S/C23H22ClN3O4S/c1-29-19-9-14(10-20(30-2)22(19)31-3)7-8-21(28)25-23-17-12-32-13-18(17)26-27(23)16-6-4-5-15(24)11-16/h4-11H,12-13H2,1-3H3,(H,25,28)/b8-7-. The first-order valence-corrected chi connectivity index (χ1v) is 11.3. The molecule has 4 rings (SSSR count). The summed E-state index contributed by atoms with van der Waals surface area (Å²) >= 11 is 7.93. The van der Waals surface area contributed by atoms with E-state index in [0.717, 1.165) is 34.0 Å². The highest BCUT2D eigenvalue weighted by Gasteiger charge is 2.24. The summed E-state index contributed by atoms with van der Waals surface area (Å²) in [7, 11) is 4.64. The molecule has 1 N–H and O–H groups in total. The molecule has 0 spiro atoms. The minimum absolute atomic E-state index is 0.276. The van der Waals surface area contributed by atoms with E-state index >= 15 is 0 Å². The van der Waals surface area contributed by atoms with E-state index in [2.05, 4.69) is 10.4 Å². The van der Waals surface area contributed by atoms with Gasteiger partial charge in [-0.2, -0.15) is 16.9 Å². The van der Waals surface area contributed by atoms with Crippen LogP contribution in [-0.2, 0) is 16.3 Å². The molecule has 1 aromatic heterocycles. The quantitative estimate of drug-likeness (QED) is 0.491. The third kappa shape index (κ3) is 4.42. The Morgan fingerprint density at radius 1 is 1.12 bits per heavy atom. The summed E-state index contributed by atoms with van der Waals surface area (Å²) in [4.78, 5) is 12.8. The first-order chi connectivity index (χ1) is 15.5. The Morgan fingerprint density at radius 3 is 2.53 bits per heavy atom. The summed E-state index contributed by atoms with van der Waals surface area (Å²) in [5.41, 5.74) is 3.53. The maximum absolute atomic E-state index is 12.8. The van der Waals surface area contributed by atoms with Gasteiger partial charge in [0.05, 0.1) is 32.7 Å². The number of carbonyl (C=O) groups is 1. The van der Waals surface area contributed by atoms with Crippen molar-refractivity contribution in [3.63, 3.8) is 0 Å². The summed E-state index contributed by atoms with van der Waals surface area (Å²) in [6.45, 7) is 0. The van der Waals surface area contributed by atoms with Gasteiger partial charge in [0.15, 0.2) is 11.5 Å². The van der Waals surface area contributed by atoms with Gasteiger partial charge < -0.3 is 19.5 Å². The van der Waals surface area contributed by atoms with Crippen LogP contribution in [0.2, 0.25) is 5.02 Å². The van der Waals surface area contributed by atoms with Gasteiger partial charge in [0.25, 0.3) is 0 Å². The Bertz CT molecular complexity index is 1170. The Hall–Kier alpha value is -3.10. The molecule has 3 aromatic rings. The zero-order valence-electron chi connectivity index (χ0n) is 17.8. The SMILES string of the molecule is COc1cc(/C=C\C(=O)Nc2c3c(nn2-c2cccc(Cl)c2)CSC3)cc(OC)c1OC. The number of amides is 1. The number of nitrogens with zero attached hydrogens (tertiary/aromatic N) is 2. The van der Waals surface area contributed by atoms with Gasteiger partial charge in [-0.1, -0.05) is 17.7 Å². The lowest BCUT2D eigenvalue weighted by atomic mass is 10.1. The number of fused-ring (bicyclic) bond motifs is 1. The van der Waals surface area contributed by atoms with Gasteiger partial charge in [-0.3, -0.25) is 4.79 Å². The van der Waals surface area contributed by atoms with E-state index < -0.39 is 0 Å². The Morgan fingerprint density at radius 2 is 1.88 bits per heavy atom. The fourth-order valence-corrected chi connectivity index (χ4v) is 4.68. The number of benzene rings is 2. The Labute approximate surface area is 195 Å². The fourth-order valence-electron chi connectivity index (χ4n) is 3.46. The molecule has 0 saturated heterocycles. The van der Waals surface area contributed by atoms with E-state index in [9.17, 15) is 4.79 Å². The number of aromatic nitrogens is 2. The zero-order valence-corrected chi connectivity index (χ0v) is 19.4. The van der Waals surface area contributed by atoms with Crippen molar-refractivity contribution in [3.05, 3.63) is 64.3 Å². The molecule has 1 amide bonds. The molecular weight excluding hydrogens is 450 g/mol. The van der Waals surface area contributed by atoms with Gasteiger partial charge in [0.1, 0.15) is 5.82 Å². The molecule has 7 nitrogen and oxygen atoms in total. The maximum Gasteiger partial charge on any atom is 0.249 e. The molecule has 2 aromatic carbocycles. The fraction of sp³-hybridized carbons (Fsp3) is 0.217. The second-order valence-corrected chi connectivity index (χ2v) is 8.36. The van der Waals surface area contributed by atoms with Gasteiger partial charge in [-0.05, 0) is 42.0 Å². The number of nitrogens with one attached hydrogen (secondary N) is 1.